The topological polar surface area (TPSA) is 67.6 Å². The predicted molar refractivity (Wildman–Crippen MR) is 102 cm³/mol. The average Bonchev–Trinajstić information content (AvgIpc) is 2.60. The molecule has 5 nitrogen and oxygen atoms in total. The maximum absolute atomic E-state index is 12.3. The van der Waals surface area contributed by atoms with Crippen molar-refractivity contribution in [3.63, 3.8) is 0 Å². The van der Waals surface area contributed by atoms with Crippen LogP contribution >= 0.6 is 0 Å². The van der Waals surface area contributed by atoms with E-state index in [0.717, 1.165) is 24.3 Å². The number of benzene rings is 2. The zero-order valence-corrected chi connectivity index (χ0v) is 14.9. The van der Waals surface area contributed by atoms with Gasteiger partial charge in [0.25, 0.3) is 0 Å². The summed E-state index contributed by atoms with van der Waals surface area (Å²) in [4.78, 5) is 14.4. The van der Waals surface area contributed by atoms with Gasteiger partial charge in [-0.15, -0.1) is 0 Å². The third-order valence-corrected chi connectivity index (χ3v) is 3.76. The molecule has 5 heteroatoms. The van der Waals surface area contributed by atoms with Crippen molar-refractivity contribution in [1.82, 2.24) is 4.90 Å². The van der Waals surface area contributed by atoms with E-state index in [4.69, 9.17) is 10.5 Å². The molecule has 0 spiro atoms. The molecule has 0 aliphatic carbocycles. The fourth-order valence-electron chi connectivity index (χ4n) is 2.43. The van der Waals surface area contributed by atoms with Crippen molar-refractivity contribution in [2.45, 2.75) is 18.9 Å². The monoisotopic (exact) mass is 341 g/mol. The van der Waals surface area contributed by atoms with Crippen LogP contribution in [0.2, 0.25) is 0 Å². The number of amides is 1. The average molecular weight is 341 g/mol. The molecule has 0 heterocycles. The van der Waals surface area contributed by atoms with Crippen LogP contribution in [-0.4, -0.2) is 44.1 Å². The Morgan fingerprint density at radius 2 is 1.92 bits per heavy atom. The minimum Gasteiger partial charge on any atom is -0.493 e. The molecule has 3 N–H and O–H groups in total. The van der Waals surface area contributed by atoms with Crippen molar-refractivity contribution >= 4 is 11.6 Å². The SMILES string of the molecule is CN(C)CCCOc1cccc(NC(=O)C(N)Cc2ccccc2)c1. The van der Waals surface area contributed by atoms with Crippen LogP contribution in [0.3, 0.4) is 0 Å². The van der Waals surface area contributed by atoms with Crippen molar-refractivity contribution in [3.8, 4) is 5.75 Å². The lowest BCUT2D eigenvalue weighted by atomic mass is 10.1. The van der Waals surface area contributed by atoms with E-state index in [1.54, 1.807) is 0 Å². The van der Waals surface area contributed by atoms with Crippen molar-refractivity contribution in [1.29, 1.82) is 0 Å². The van der Waals surface area contributed by atoms with Gasteiger partial charge in [-0.2, -0.15) is 0 Å². The van der Waals surface area contributed by atoms with Crippen molar-refractivity contribution in [2.24, 2.45) is 5.73 Å². The number of hydrogen-bond acceptors (Lipinski definition) is 4. The molecule has 25 heavy (non-hydrogen) atoms. The number of hydrogen-bond donors (Lipinski definition) is 2. The molecule has 1 unspecified atom stereocenters. The summed E-state index contributed by atoms with van der Waals surface area (Å²) in [6, 6.07) is 16.6. The van der Waals surface area contributed by atoms with Crippen molar-refractivity contribution in [2.75, 3.05) is 32.6 Å². The minimum absolute atomic E-state index is 0.200. The van der Waals surface area contributed by atoms with Gasteiger partial charge < -0.3 is 20.7 Å². The van der Waals surface area contributed by atoms with E-state index in [1.165, 1.54) is 0 Å². The molecule has 2 aromatic rings. The molecule has 0 fully saturated rings. The van der Waals surface area contributed by atoms with Crippen LogP contribution in [0.15, 0.2) is 54.6 Å². The molecule has 2 aromatic carbocycles. The lowest BCUT2D eigenvalue weighted by Gasteiger charge is -2.14. The highest BCUT2D eigenvalue weighted by molar-refractivity contribution is 5.95. The molecule has 0 aromatic heterocycles. The number of nitrogens with two attached hydrogens (primary N) is 1. The third kappa shape index (κ3) is 6.95. The molecule has 2 rings (SSSR count). The standard InChI is InChI=1S/C20H27N3O2/c1-23(2)12-7-13-25-18-11-6-10-17(15-18)22-20(24)19(21)14-16-8-4-3-5-9-16/h3-6,8-11,15,19H,7,12-14,21H2,1-2H3,(H,22,24). The molecule has 0 aliphatic heterocycles. The Morgan fingerprint density at radius 3 is 2.64 bits per heavy atom. The second-order valence-corrected chi connectivity index (χ2v) is 6.32. The molecular weight excluding hydrogens is 314 g/mol. The first-order valence-corrected chi connectivity index (χ1v) is 8.52. The number of anilines is 1. The summed E-state index contributed by atoms with van der Waals surface area (Å²) in [5.41, 5.74) is 7.75. The van der Waals surface area contributed by atoms with Gasteiger partial charge in [-0.25, -0.2) is 0 Å². The van der Waals surface area contributed by atoms with Gasteiger partial charge in [0, 0.05) is 18.3 Å². The zero-order valence-electron chi connectivity index (χ0n) is 14.9. The molecule has 1 atom stereocenters. The molecule has 134 valence electrons. The van der Waals surface area contributed by atoms with E-state index in [1.807, 2.05) is 68.7 Å². The number of ether oxygens (including phenoxy) is 1. The Morgan fingerprint density at radius 1 is 1.16 bits per heavy atom. The molecule has 0 bridgehead atoms. The quantitative estimate of drug-likeness (QED) is 0.688. The summed E-state index contributed by atoms with van der Waals surface area (Å²) in [5.74, 6) is 0.543. The van der Waals surface area contributed by atoms with E-state index in [9.17, 15) is 4.79 Å². The molecular formula is C20H27N3O2. The number of carbonyl (C=O) groups is 1. The van der Waals surface area contributed by atoms with E-state index < -0.39 is 6.04 Å². The molecule has 0 radical (unpaired) electrons. The van der Waals surface area contributed by atoms with E-state index in [0.29, 0.717) is 18.7 Å². The first-order valence-electron chi connectivity index (χ1n) is 8.52. The van der Waals surface area contributed by atoms with E-state index in [2.05, 4.69) is 10.2 Å². The van der Waals surface area contributed by atoms with Crippen LogP contribution in [0.5, 0.6) is 5.75 Å². The summed E-state index contributed by atoms with van der Waals surface area (Å²) in [6.07, 6.45) is 1.46. The highest BCUT2D eigenvalue weighted by Crippen LogP contribution is 2.18. The smallest absolute Gasteiger partial charge is 0.241 e. The molecule has 0 saturated carbocycles. The summed E-state index contributed by atoms with van der Waals surface area (Å²) in [5, 5.41) is 2.86. The highest BCUT2D eigenvalue weighted by atomic mass is 16.5. The number of carbonyl (C=O) groups excluding carboxylic acids is 1. The van der Waals surface area contributed by atoms with Crippen molar-refractivity contribution < 1.29 is 9.53 Å². The van der Waals surface area contributed by atoms with E-state index >= 15 is 0 Å². The number of rotatable bonds is 9. The van der Waals surface area contributed by atoms with Crippen LogP contribution in [-0.2, 0) is 11.2 Å². The number of nitrogens with zero attached hydrogens (tertiary/aromatic N) is 1. The first-order chi connectivity index (χ1) is 12.0. The summed E-state index contributed by atoms with van der Waals surface area (Å²) >= 11 is 0. The van der Waals surface area contributed by atoms with Crippen LogP contribution in [0, 0.1) is 0 Å². The Kier molecular flexibility index (Phi) is 7.44. The van der Waals surface area contributed by atoms with Crippen molar-refractivity contribution in [3.05, 3.63) is 60.2 Å². The highest BCUT2D eigenvalue weighted by Gasteiger charge is 2.14. The second-order valence-electron chi connectivity index (χ2n) is 6.32. The summed E-state index contributed by atoms with van der Waals surface area (Å²) in [6.45, 7) is 1.62. The largest absolute Gasteiger partial charge is 0.493 e. The van der Waals surface area contributed by atoms with Gasteiger partial charge in [0.05, 0.1) is 12.6 Å². The lowest BCUT2D eigenvalue weighted by Crippen LogP contribution is -2.37. The maximum Gasteiger partial charge on any atom is 0.241 e. The summed E-state index contributed by atoms with van der Waals surface area (Å²) in [7, 11) is 4.07. The zero-order chi connectivity index (χ0) is 18.1. The molecule has 1 amide bonds. The number of nitrogens with one attached hydrogen (secondary N) is 1. The van der Waals surface area contributed by atoms with Crippen LogP contribution in [0.4, 0.5) is 5.69 Å². The maximum atomic E-state index is 12.3. The van der Waals surface area contributed by atoms with E-state index in [-0.39, 0.29) is 5.91 Å². The van der Waals surface area contributed by atoms with Gasteiger partial charge >= 0.3 is 0 Å². The Bertz CT molecular complexity index is 659. The first kappa shape index (κ1) is 19.0. The van der Waals surface area contributed by atoms with Crippen LogP contribution in [0.25, 0.3) is 0 Å². The normalized spacial score (nSPS) is 12.0. The molecule has 0 aliphatic rings. The Labute approximate surface area is 149 Å². The molecule has 0 saturated heterocycles. The fourth-order valence-corrected chi connectivity index (χ4v) is 2.43. The third-order valence-electron chi connectivity index (χ3n) is 3.76. The Hall–Kier alpha value is -2.37. The van der Waals surface area contributed by atoms with Gasteiger partial charge in [-0.3, -0.25) is 4.79 Å². The van der Waals surface area contributed by atoms with Gasteiger partial charge in [-0.05, 0) is 44.6 Å². The van der Waals surface area contributed by atoms with Gasteiger partial charge in [-0.1, -0.05) is 36.4 Å². The predicted octanol–water partition coefficient (Wildman–Crippen LogP) is 2.53. The van der Waals surface area contributed by atoms with Gasteiger partial charge in [0.1, 0.15) is 5.75 Å². The minimum atomic E-state index is -0.591. The summed E-state index contributed by atoms with van der Waals surface area (Å²) < 4.78 is 5.73. The van der Waals surface area contributed by atoms with Crippen LogP contribution < -0.4 is 15.8 Å². The second kappa shape index (κ2) is 9.81. The Balaban J connectivity index is 1.84. The van der Waals surface area contributed by atoms with Gasteiger partial charge in [0.15, 0.2) is 0 Å². The van der Waals surface area contributed by atoms with Crippen LogP contribution in [0.1, 0.15) is 12.0 Å². The fraction of sp³-hybridized carbons (Fsp3) is 0.350. The lowest BCUT2D eigenvalue weighted by molar-refractivity contribution is -0.117. The van der Waals surface area contributed by atoms with Gasteiger partial charge in [0.2, 0.25) is 5.91 Å².